The van der Waals surface area contributed by atoms with Gasteiger partial charge in [-0.3, -0.25) is 0 Å². The molecule has 180 valence electrons. The lowest BCUT2D eigenvalue weighted by Gasteiger charge is -2.18. The van der Waals surface area contributed by atoms with E-state index in [0.717, 1.165) is 65.4 Å². The summed E-state index contributed by atoms with van der Waals surface area (Å²) in [6.45, 7) is 2.63. The van der Waals surface area contributed by atoms with E-state index in [0.29, 0.717) is 6.61 Å². The number of benzene rings is 3. The number of fused-ring (bicyclic) bond motifs is 5. The highest BCUT2D eigenvalue weighted by Crippen LogP contribution is 2.41. The van der Waals surface area contributed by atoms with Crippen molar-refractivity contribution in [3.05, 3.63) is 72.4 Å². The van der Waals surface area contributed by atoms with Gasteiger partial charge in [-0.05, 0) is 53.8 Å². The van der Waals surface area contributed by atoms with Crippen LogP contribution in [0.3, 0.4) is 0 Å². The fourth-order valence-electron chi connectivity index (χ4n) is 4.74. The molecule has 1 N–H and O–H groups in total. The minimum Gasteiger partial charge on any atom is -1.00 e. The zero-order chi connectivity index (χ0) is 22.9. The normalized spacial score (nSPS) is 12.9. The second-order valence-corrected chi connectivity index (χ2v) is 8.56. The number of halogens is 1. The van der Waals surface area contributed by atoms with E-state index in [1.54, 1.807) is 7.11 Å². The third-order valence-corrected chi connectivity index (χ3v) is 6.47. The molecule has 35 heavy (non-hydrogen) atoms. The van der Waals surface area contributed by atoms with Gasteiger partial charge in [0, 0.05) is 24.7 Å². The molecule has 4 aromatic rings. The Balaban J connectivity index is 0.00000253. The molecule has 0 spiro atoms. The van der Waals surface area contributed by atoms with Gasteiger partial charge in [0.2, 0.25) is 12.5 Å². The molecule has 2 aliphatic rings. The van der Waals surface area contributed by atoms with Gasteiger partial charge in [0.05, 0.1) is 24.7 Å². The largest absolute Gasteiger partial charge is 1.00 e. The fraction of sp³-hybridized carbons (Fsp3) is 0.250. The van der Waals surface area contributed by atoms with Crippen molar-refractivity contribution in [1.82, 2.24) is 0 Å². The molecule has 6 rings (SSSR count). The summed E-state index contributed by atoms with van der Waals surface area (Å²) in [6.07, 6.45) is 4.02. The molecule has 0 aliphatic carbocycles. The Bertz CT molecular complexity index is 1360. The fourth-order valence-corrected chi connectivity index (χ4v) is 4.74. The first kappa shape index (κ1) is 23.3. The molecular formula is C28H27BrN2O4. The summed E-state index contributed by atoms with van der Waals surface area (Å²) in [7, 11) is 1.69. The Hall–Kier alpha value is -3.45. The van der Waals surface area contributed by atoms with E-state index in [9.17, 15) is 0 Å². The van der Waals surface area contributed by atoms with Gasteiger partial charge < -0.3 is 41.2 Å². The second-order valence-electron chi connectivity index (χ2n) is 8.56. The van der Waals surface area contributed by atoms with E-state index in [2.05, 4.69) is 52.5 Å². The van der Waals surface area contributed by atoms with Crippen LogP contribution in [-0.2, 0) is 13.0 Å². The van der Waals surface area contributed by atoms with Crippen LogP contribution in [0.25, 0.3) is 22.0 Å². The van der Waals surface area contributed by atoms with E-state index in [1.165, 1.54) is 16.8 Å². The van der Waals surface area contributed by atoms with Crippen molar-refractivity contribution in [3.63, 3.8) is 0 Å². The van der Waals surface area contributed by atoms with Gasteiger partial charge in [-0.15, -0.1) is 0 Å². The Labute approximate surface area is 215 Å². The average molecular weight is 535 g/mol. The molecule has 3 heterocycles. The zero-order valence-corrected chi connectivity index (χ0v) is 21.1. The number of nitrogens with one attached hydrogen (secondary N) is 1. The number of aryl methyl sites for hydroxylation is 2. The molecule has 0 amide bonds. The Kier molecular flexibility index (Phi) is 6.68. The molecule has 1 aromatic heterocycles. The lowest BCUT2D eigenvalue weighted by atomic mass is 9.95. The maximum Gasteiger partial charge on any atom is 0.231 e. The van der Waals surface area contributed by atoms with Crippen molar-refractivity contribution in [1.29, 1.82) is 0 Å². The van der Waals surface area contributed by atoms with Crippen LogP contribution in [0.5, 0.6) is 23.0 Å². The number of para-hydroxylation sites is 1. The molecule has 0 fully saturated rings. The number of pyridine rings is 1. The van der Waals surface area contributed by atoms with Crippen LogP contribution in [0.1, 0.15) is 12.0 Å². The quantitative estimate of drug-likeness (QED) is 0.290. The number of hydrogen-bond donors (Lipinski definition) is 1. The monoisotopic (exact) mass is 534 g/mol. The maximum absolute atomic E-state index is 6.29. The Morgan fingerprint density at radius 2 is 1.83 bits per heavy atom. The molecule has 7 heteroatoms. The lowest BCUT2D eigenvalue weighted by Crippen LogP contribution is -3.00. The number of methoxy groups -OCH3 is 1. The molecule has 0 radical (unpaired) electrons. The van der Waals surface area contributed by atoms with Gasteiger partial charge in [-0.1, -0.05) is 18.2 Å². The van der Waals surface area contributed by atoms with Crippen molar-refractivity contribution in [2.45, 2.75) is 19.4 Å². The molecule has 0 saturated carbocycles. The van der Waals surface area contributed by atoms with Gasteiger partial charge in [0.15, 0.2) is 35.7 Å². The van der Waals surface area contributed by atoms with Gasteiger partial charge in [0.1, 0.15) is 0 Å². The molecular weight excluding hydrogens is 508 g/mol. The van der Waals surface area contributed by atoms with Crippen LogP contribution in [0.4, 0.5) is 5.69 Å². The minimum absolute atomic E-state index is 0. The van der Waals surface area contributed by atoms with E-state index in [4.69, 9.17) is 18.9 Å². The lowest BCUT2D eigenvalue weighted by molar-refractivity contribution is -0.686. The standard InChI is InChI=1S/C28H27N2O4.BrH/c1-31-25-9-8-19-14-24-22-16-27-26(33-18-34-27)15-20(22)10-12-30(24)17-23(19)28(25)32-13-5-11-29-21-6-3-2-4-7-21;/h2-4,6-9,14-17,29H,5,10-13,18H2,1H3;1H/q+1;/p-1. The maximum atomic E-state index is 6.29. The number of rotatable bonds is 7. The summed E-state index contributed by atoms with van der Waals surface area (Å²) < 4.78 is 25.5. The van der Waals surface area contributed by atoms with E-state index in [1.807, 2.05) is 24.3 Å². The summed E-state index contributed by atoms with van der Waals surface area (Å²) in [5.41, 5.74) is 4.79. The molecule has 0 bridgehead atoms. The third kappa shape index (κ3) is 4.48. The molecule has 6 nitrogen and oxygen atoms in total. The average Bonchev–Trinajstić information content (AvgIpc) is 3.34. The molecule has 0 atom stereocenters. The number of anilines is 1. The molecule has 0 saturated heterocycles. The van der Waals surface area contributed by atoms with Crippen LogP contribution in [-0.4, -0.2) is 27.1 Å². The van der Waals surface area contributed by atoms with Crippen molar-refractivity contribution >= 4 is 16.5 Å². The highest BCUT2D eigenvalue weighted by Gasteiger charge is 2.28. The van der Waals surface area contributed by atoms with E-state index in [-0.39, 0.29) is 23.8 Å². The zero-order valence-electron chi connectivity index (χ0n) is 19.6. The van der Waals surface area contributed by atoms with E-state index >= 15 is 0 Å². The van der Waals surface area contributed by atoms with Gasteiger partial charge >= 0.3 is 0 Å². The number of ether oxygens (including phenoxy) is 4. The van der Waals surface area contributed by atoms with Crippen molar-refractivity contribution < 1.29 is 40.5 Å². The van der Waals surface area contributed by atoms with Crippen LogP contribution in [0, 0.1) is 0 Å². The van der Waals surface area contributed by atoms with Gasteiger partial charge in [0.25, 0.3) is 0 Å². The highest BCUT2D eigenvalue weighted by atomic mass is 79.9. The summed E-state index contributed by atoms with van der Waals surface area (Å²) in [6, 6.07) is 20.8. The van der Waals surface area contributed by atoms with E-state index < -0.39 is 0 Å². The summed E-state index contributed by atoms with van der Waals surface area (Å²) in [5, 5.41) is 5.61. The Morgan fingerprint density at radius 3 is 2.66 bits per heavy atom. The van der Waals surface area contributed by atoms with Crippen LogP contribution < -0.4 is 45.8 Å². The summed E-state index contributed by atoms with van der Waals surface area (Å²) in [4.78, 5) is 0. The molecule has 0 unspecified atom stereocenters. The van der Waals surface area contributed by atoms with Crippen LogP contribution in [0.15, 0.2) is 66.9 Å². The highest BCUT2D eigenvalue weighted by molar-refractivity contribution is 5.91. The summed E-state index contributed by atoms with van der Waals surface area (Å²) >= 11 is 0. The molecule has 3 aromatic carbocycles. The topological polar surface area (TPSA) is 52.8 Å². The predicted molar refractivity (Wildman–Crippen MR) is 131 cm³/mol. The second kappa shape index (κ2) is 10.0. The molecule has 2 aliphatic heterocycles. The number of nitrogens with zero attached hydrogens (tertiary/aromatic N) is 1. The number of hydrogen-bond acceptors (Lipinski definition) is 5. The van der Waals surface area contributed by atoms with Crippen molar-refractivity contribution in [2.24, 2.45) is 0 Å². The first-order valence-corrected chi connectivity index (χ1v) is 11.7. The SMILES string of the molecule is COc1ccc2cc3[n+](cc2c1OCCCNc1ccccc1)CCc1cc2c(cc1-3)OCO2.[Br-]. The first-order chi connectivity index (χ1) is 16.8. The Morgan fingerprint density at radius 1 is 1.00 bits per heavy atom. The van der Waals surface area contributed by atoms with Crippen molar-refractivity contribution in [3.8, 4) is 34.3 Å². The van der Waals surface area contributed by atoms with Crippen LogP contribution in [0.2, 0.25) is 0 Å². The third-order valence-electron chi connectivity index (χ3n) is 6.47. The van der Waals surface area contributed by atoms with Gasteiger partial charge in [-0.25, -0.2) is 0 Å². The summed E-state index contributed by atoms with van der Waals surface area (Å²) in [5.74, 6) is 3.21. The first-order valence-electron chi connectivity index (χ1n) is 11.7. The smallest absolute Gasteiger partial charge is 0.231 e. The van der Waals surface area contributed by atoms with Crippen LogP contribution >= 0.6 is 0 Å². The predicted octanol–water partition coefficient (Wildman–Crippen LogP) is 1.97. The van der Waals surface area contributed by atoms with Crippen molar-refractivity contribution in [2.75, 3.05) is 32.4 Å². The minimum atomic E-state index is 0. The van der Waals surface area contributed by atoms with Gasteiger partial charge in [-0.2, -0.15) is 4.57 Å². The number of aromatic nitrogens is 1.